The van der Waals surface area contributed by atoms with Crippen molar-refractivity contribution in [1.29, 1.82) is 0 Å². The van der Waals surface area contributed by atoms with Crippen molar-refractivity contribution in [1.82, 2.24) is 0 Å². The third kappa shape index (κ3) is 0.799. The van der Waals surface area contributed by atoms with Crippen LogP contribution >= 0.6 is 0 Å². The van der Waals surface area contributed by atoms with Crippen molar-refractivity contribution in [3.63, 3.8) is 0 Å². The summed E-state index contributed by atoms with van der Waals surface area (Å²) in [5, 5.41) is 0. The summed E-state index contributed by atoms with van der Waals surface area (Å²) < 4.78 is 0. The number of hydrogen-bond donors (Lipinski definition) is 1. The van der Waals surface area contributed by atoms with Crippen molar-refractivity contribution in [2.24, 2.45) is 17.6 Å². The van der Waals surface area contributed by atoms with E-state index < -0.39 is 0 Å². The molecule has 3 atom stereocenters. The molecule has 0 aliphatic heterocycles. The van der Waals surface area contributed by atoms with Crippen LogP contribution in [-0.4, -0.2) is 6.04 Å². The average molecular weight is 123 g/mol. The quantitative estimate of drug-likeness (QED) is 0.483. The number of nitrogens with two attached hydrogens (primary N) is 1. The molecule has 1 heteroatoms. The van der Waals surface area contributed by atoms with Gasteiger partial charge in [-0.3, -0.25) is 0 Å². The Labute approximate surface area is 55.9 Å². The van der Waals surface area contributed by atoms with E-state index in [1.165, 1.54) is 19.3 Å². The van der Waals surface area contributed by atoms with Gasteiger partial charge in [0.05, 0.1) is 0 Å². The highest BCUT2D eigenvalue weighted by Gasteiger charge is 2.28. The van der Waals surface area contributed by atoms with Gasteiger partial charge in [-0.2, -0.15) is 0 Å². The monoisotopic (exact) mass is 123 g/mol. The Bertz CT molecular complexity index is 140. The molecule has 1 fully saturated rings. The van der Waals surface area contributed by atoms with E-state index >= 15 is 0 Å². The lowest BCUT2D eigenvalue weighted by molar-refractivity contribution is 0.285. The molecule has 1 nitrogen and oxygen atoms in total. The lowest BCUT2D eigenvalue weighted by Crippen LogP contribution is -2.37. The normalized spacial score (nSPS) is 47.9. The predicted molar refractivity (Wildman–Crippen MR) is 37.9 cm³/mol. The Kier molecular flexibility index (Phi) is 1.12. The van der Waals surface area contributed by atoms with Crippen molar-refractivity contribution >= 4 is 0 Å². The second-order valence-electron chi connectivity index (χ2n) is 3.29. The molecule has 3 rings (SSSR count). The Morgan fingerprint density at radius 2 is 2.11 bits per heavy atom. The molecule has 3 aliphatic carbocycles. The maximum atomic E-state index is 5.87. The fraction of sp³-hybridized carbons (Fsp3) is 0.750. The first-order valence-electron chi connectivity index (χ1n) is 3.80. The van der Waals surface area contributed by atoms with Crippen LogP contribution in [0.3, 0.4) is 0 Å². The zero-order valence-corrected chi connectivity index (χ0v) is 5.59. The molecule has 9 heavy (non-hydrogen) atoms. The first kappa shape index (κ1) is 5.48. The molecular formula is C8H13N. The molecule has 0 aromatic rings. The summed E-state index contributed by atoms with van der Waals surface area (Å²) >= 11 is 0. The van der Waals surface area contributed by atoms with Crippen LogP contribution in [0.4, 0.5) is 0 Å². The third-order valence-electron chi connectivity index (χ3n) is 2.63. The van der Waals surface area contributed by atoms with E-state index in [9.17, 15) is 0 Å². The fourth-order valence-corrected chi connectivity index (χ4v) is 1.98. The summed E-state index contributed by atoms with van der Waals surface area (Å²) in [5.41, 5.74) is 5.87. The van der Waals surface area contributed by atoms with Gasteiger partial charge >= 0.3 is 0 Å². The van der Waals surface area contributed by atoms with Crippen molar-refractivity contribution in [3.05, 3.63) is 12.2 Å². The van der Waals surface area contributed by atoms with E-state index in [4.69, 9.17) is 5.73 Å². The minimum absolute atomic E-state index is 0.480. The highest BCUT2D eigenvalue weighted by atomic mass is 14.7. The molecular weight excluding hydrogens is 110 g/mol. The smallest absolute Gasteiger partial charge is 0.0107 e. The van der Waals surface area contributed by atoms with Crippen LogP contribution in [-0.2, 0) is 0 Å². The number of allylic oxidation sites excluding steroid dienone is 1. The summed E-state index contributed by atoms with van der Waals surface area (Å²) in [5.74, 6) is 1.54. The van der Waals surface area contributed by atoms with Gasteiger partial charge in [0.15, 0.2) is 0 Å². The van der Waals surface area contributed by atoms with E-state index in [0.29, 0.717) is 6.04 Å². The molecule has 1 saturated carbocycles. The zero-order chi connectivity index (χ0) is 6.27. The number of hydrogen-bond acceptors (Lipinski definition) is 1. The molecule has 0 heterocycles. The summed E-state index contributed by atoms with van der Waals surface area (Å²) in [7, 11) is 0. The van der Waals surface area contributed by atoms with Crippen molar-refractivity contribution in [2.75, 3.05) is 0 Å². The van der Waals surface area contributed by atoms with Crippen molar-refractivity contribution in [3.8, 4) is 0 Å². The maximum Gasteiger partial charge on any atom is 0.0107 e. The van der Waals surface area contributed by atoms with E-state index in [1.54, 1.807) is 0 Å². The van der Waals surface area contributed by atoms with Crippen LogP contribution in [0.1, 0.15) is 19.3 Å². The van der Waals surface area contributed by atoms with Crippen LogP contribution in [0.15, 0.2) is 12.2 Å². The maximum absolute atomic E-state index is 5.87. The second kappa shape index (κ2) is 1.84. The summed E-state index contributed by atoms with van der Waals surface area (Å²) in [6, 6.07) is 0.480. The van der Waals surface area contributed by atoms with Crippen LogP contribution in [0, 0.1) is 11.8 Å². The van der Waals surface area contributed by atoms with E-state index in [2.05, 4.69) is 12.2 Å². The van der Waals surface area contributed by atoms with Crippen LogP contribution < -0.4 is 5.73 Å². The van der Waals surface area contributed by atoms with Crippen LogP contribution in [0.5, 0.6) is 0 Å². The summed E-state index contributed by atoms with van der Waals surface area (Å²) in [4.78, 5) is 0. The molecule has 0 aromatic heterocycles. The molecule has 3 aliphatic rings. The molecule has 0 aromatic carbocycles. The highest BCUT2D eigenvalue weighted by molar-refractivity contribution is 5.07. The Morgan fingerprint density at radius 1 is 1.22 bits per heavy atom. The van der Waals surface area contributed by atoms with Gasteiger partial charge in [0.1, 0.15) is 0 Å². The molecule has 0 amide bonds. The minimum Gasteiger partial charge on any atom is -0.327 e. The van der Waals surface area contributed by atoms with Gasteiger partial charge in [0.2, 0.25) is 0 Å². The topological polar surface area (TPSA) is 26.0 Å². The average Bonchev–Trinajstić information content (AvgIpc) is 1.90. The molecule has 0 radical (unpaired) electrons. The standard InChI is InChI=1S/C8H13N/c9-8-5-6-1-3-7(8)4-2-6/h1,3,6-8H,2,4-5,9H2/t6?,7?,8-/m1/s1. The highest BCUT2D eigenvalue weighted by Crippen LogP contribution is 2.34. The Hall–Kier alpha value is -0.300. The molecule has 0 saturated heterocycles. The van der Waals surface area contributed by atoms with Gasteiger partial charge < -0.3 is 5.73 Å². The molecule has 50 valence electrons. The molecule has 0 spiro atoms. The summed E-state index contributed by atoms with van der Waals surface area (Å²) in [6.45, 7) is 0. The lowest BCUT2D eigenvalue weighted by Gasteiger charge is -2.35. The molecule has 2 N–H and O–H groups in total. The van der Waals surface area contributed by atoms with Crippen molar-refractivity contribution < 1.29 is 0 Å². The number of fused-ring (bicyclic) bond motifs is 2. The van der Waals surface area contributed by atoms with Gasteiger partial charge in [-0.1, -0.05) is 12.2 Å². The second-order valence-corrected chi connectivity index (χ2v) is 3.29. The fourth-order valence-electron chi connectivity index (χ4n) is 1.98. The molecule has 2 bridgehead atoms. The number of rotatable bonds is 0. The van der Waals surface area contributed by atoms with Gasteiger partial charge in [0, 0.05) is 6.04 Å². The van der Waals surface area contributed by atoms with Gasteiger partial charge in [-0.05, 0) is 31.1 Å². The van der Waals surface area contributed by atoms with E-state index in [0.717, 1.165) is 11.8 Å². The van der Waals surface area contributed by atoms with Gasteiger partial charge in [-0.15, -0.1) is 0 Å². The third-order valence-corrected chi connectivity index (χ3v) is 2.63. The SMILES string of the molecule is N[C@@H]1CC2C=CC1CC2. The van der Waals surface area contributed by atoms with E-state index in [-0.39, 0.29) is 0 Å². The summed E-state index contributed by atoms with van der Waals surface area (Å²) in [6.07, 6.45) is 8.61. The van der Waals surface area contributed by atoms with E-state index in [1.807, 2.05) is 0 Å². The van der Waals surface area contributed by atoms with Gasteiger partial charge in [0.25, 0.3) is 0 Å². The van der Waals surface area contributed by atoms with Crippen molar-refractivity contribution in [2.45, 2.75) is 25.3 Å². The largest absolute Gasteiger partial charge is 0.327 e. The molecule has 2 unspecified atom stereocenters. The minimum atomic E-state index is 0.480. The lowest BCUT2D eigenvalue weighted by atomic mass is 9.73. The predicted octanol–water partition coefficient (Wildman–Crippen LogP) is 1.30. The van der Waals surface area contributed by atoms with Crippen LogP contribution in [0.2, 0.25) is 0 Å². The zero-order valence-electron chi connectivity index (χ0n) is 5.59. The van der Waals surface area contributed by atoms with Gasteiger partial charge in [-0.25, -0.2) is 0 Å². The van der Waals surface area contributed by atoms with Crippen LogP contribution in [0.25, 0.3) is 0 Å². The Morgan fingerprint density at radius 3 is 2.33 bits per heavy atom. The Balaban J connectivity index is 2.20. The first-order valence-corrected chi connectivity index (χ1v) is 3.80. The first-order chi connectivity index (χ1) is 4.36.